The summed E-state index contributed by atoms with van der Waals surface area (Å²) in [6.07, 6.45) is 0. The summed E-state index contributed by atoms with van der Waals surface area (Å²) in [5.74, 6) is -0.0863. The first-order valence-corrected chi connectivity index (χ1v) is 6.23. The molecular weight excluding hydrogens is 254 g/mol. The molecule has 1 aliphatic rings. The van der Waals surface area contributed by atoms with Crippen LogP contribution in [0, 0.1) is 0 Å². The zero-order chi connectivity index (χ0) is 13.0. The number of hydrogen-bond donors (Lipinski definition) is 1. The van der Waals surface area contributed by atoms with Crippen molar-refractivity contribution in [1.29, 1.82) is 0 Å². The summed E-state index contributed by atoms with van der Waals surface area (Å²) in [4.78, 5) is 31.2. The van der Waals surface area contributed by atoms with Gasteiger partial charge in [0.2, 0.25) is 0 Å². The van der Waals surface area contributed by atoms with Crippen LogP contribution < -0.4 is 5.32 Å². The van der Waals surface area contributed by atoms with Crippen LogP contribution in [0.5, 0.6) is 0 Å². The van der Waals surface area contributed by atoms with Gasteiger partial charge in [0, 0.05) is 5.75 Å². The molecule has 0 aliphatic carbocycles. The van der Waals surface area contributed by atoms with E-state index in [-0.39, 0.29) is 17.3 Å². The summed E-state index contributed by atoms with van der Waals surface area (Å²) in [5.41, 5.74) is 0.263. The number of nitrogens with zero attached hydrogens (tertiary/aromatic N) is 2. The van der Waals surface area contributed by atoms with Gasteiger partial charge in [0.15, 0.2) is 5.17 Å². The quantitative estimate of drug-likeness (QED) is 0.796. The van der Waals surface area contributed by atoms with Crippen molar-refractivity contribution in [3.05, 3.63) is 29.6 Å². The lowest BCUT2D eigenvalue weighted by molar-refractivity contribution is 0.0594. The molecule has 0 fully saturated rings. The van der Waals surface area contributed by atoms with E-state index in [1.165, 1.54) is 31.0 Å². The molecule has 0 saturated heterocycles. The number of nitrogens with one attached hydrogen (secondary N) is 1. The van der Waals surface area contributed by atoms with Gasteiger partial charge in [-0.25, -0.2) is 9.78 Å². The molecule has 18 heavy (non-hydrogen) atoms. The molecule has 6 nitrogen and oxygen atoms in total. The van der Waals surface area contributed by atoms with E-state index in [4.69, 9.17) is 0 Å². The van der Waals surface area contributed by atoms with E-state index in [1.54, 1.807) is 6.07 Å². The van der Waals surface area contributed by atoms with Gasteiger partial charge >= 0.3 is 5.97 Å². The molecule has 2 heterocycles. The molecule has 1 aromatic heterocycles. The van der Waals surface area contributed by atoms with Crippen molar-refractivity contribution in [3.63, 3.8) is 0 Å². The Labute approximate surface area is 108 Å². The lowest BCUT2D eigenvalue weighted by atomic mass is 10.3. The third-order valence-electron chi connectivity index (χ3n) is 2.18. The Balaban J connectivity index is 2.12. The zero-order valence-electron chi connectivity index (χ0n) is 9.67. The Morgan fingerprint density at radius 3 is 2.83 bits per heavy atom. The minimum atomic E-state index is -0.572. The molecular formula is C11H11N3O3S. The first-order valence-electron chi connectivity index (χ1n) is 5.24. The number of rotatable bonds is 2. The summed E-state index contributed by atoms with van der Waals surface area (Å²) >= 11 is 1.48. The molecule has 1 aliphatic heterocycles. The maximum absolute atomic E-state index is 11.8. The monoisotopic (exact) mass is 265 g/mol. The number of amidine groups is 1. The van der Waals surface area contributed by atoms with E-state index in [2.05, 4.69) is 20.0 Å². The Kier molecular flexibility index (Phi) is 3.93. The van der Waals surface area contributed by atoms with Gasteiger partial charge in [0.25, 0.3) is 5.91 Å². The summed E-state index contributed by atoms with van der Waals surface area (Å²) in [5, 5.41) is 3.23. The van der Waals surface area contributed by atoms with Crippen LogP contribution in [0.2, 0.25) is 0 Å². The van der Waals surface area contributed by atoms with E-state index >= 15 is 0 Å². The molecule has 0 atom stereocenters. The minimum Gasteiger partial charge on any atom is -0.464 e. The summed E-state index contributed by atoms with van der Waals surface area (Å²) < 4.78 is 4.54. The molecule has 0 radical (unpaired) electrons. The highest BCUT2D eigenvalue weighted by Gasteiger charge is 2.15. The molecule has 1 aromatic rings. The van der Waals surface area contributed by atoms with E-state index in [9.17, 15) is 9.59 Å². The van der Waals surface area contributed by atoms with Gasteiger partial charge in [-0.05, 0) is 12.1 Å². The van der Waals surface area contributed by atoms with Crippen molar-refractivity contribution in [2.45, 2.75) is 0 Å². The first-order chi connectivity index (χ1) is 8.70. The fourth-order valence-electron chi connectivity index (χ4n) is 1.35. The van der Waals surface area contributed by atoms with Crippen molar-refractivity contribution in [2.24, 2.45) is 4.99 Å². The second-order valence-corrected chi connectivity index (χ2v) is 4.47. The number of aliphatic imine (C=N–C) groups is 1. The normalized spacial score (nSPS) is 13.9. The lowest BCUT2D eigenvalue weighted by Crippen LogP contribution is -2.28. The molecule has 0 bridgehead atoms. The highest BCUT2D eigenvalue weighted by molar-refractivity contribution is 8.14. The zero-order valence-corrected chi connectivity index (χ0v) is 10.5. The predicted octanol–water partition coefficient (Wildman–Crippen LogP) is 0.701. The van der Waals surface area contributed by atoms with Gasteiger partial charge < -0.3 is 4.74 Å². The standard InChI is InChI=1S/C11H11N3O3S/c1-17-10(16)8-4-2-3-7(13-8)9(15)14-11-12-5-6-18-11/h2-4H,5-6H2,1H3,(H,12,14,15). The van der Waals surface area contributed by atoms with E-state index < -0.39 is 5.97 Å². The molecule has 0 unspecified atom stereocenters. The van der Waals surface area contributed by atoms with Crippen LogP contribution in [-0.4, -0.2) is 41.4 Å². The van der Waals surface area contributed by atoms with Crippen LogP contribution >= 0.6 is 11.8 Å². The maximum Gasteiger partial charge on any atom is 0.356 e. The Hall–Kier alpha value is -1.89. The number of carbonyl (C=O) groups excluding carboxylic acids is 2. The molecule has 0 spiro atoms. The van der Waals surface area contributed by atoms with Crippen LogP contribution in [0.1, 0.15) is 21.0 Å². The molecule has 94 valence electrons. The summed E-state index contributed by atoms with van der Waals surface area (Å²) in [7, 11) is 1.26. The third-order valence-corrected chi connectivity index (χ3v) is 3.07. The maximum atomic E-state index is 11.8. The van der Waals surface area contributed by atoms with Crippen LogP contribution in [0.15, 0.2) is 23.2 Å². The Morgan fingerprint density at radius 1 is 1.39 bits per heavy atom. The number of methoxy groups -OCH3 is 1. The number of pyridine rings is 1. The molecule has 1 N–H and O–H groups in total. The highest BCUT2D eigenvalue weighted by atomic mass is 32.2. The van der Waals surface area contributed by atoms with Crippen LogP contribution in [0.25, 0.3) is 0 Å². The van der Waals surface area contributed by atoms with Crippen molar-refractivity contribution >= 4 is 28.8 Å². The third kappa shape index (κ3) is 2.86. The number of thioether (sulfide) groups is 1. The second-order valence-electron chi connectivity index (χ2n) is 3.39. The van der Waals surface area contributed by atoms with Gasteiger partial charge in [-0.2, -0.15) is 0 Å². The van der Waals surface area contributed by atoms with Crippen molar-refractivity contribution < 1.29 is 14.3 Å². The van der Waals surface area contributed by atoms with E-state index in [0.29, 0.717) is 11.7 Å². The van der Waals surface area contributed by atoms with Gasteiger partial charge in [-0.1, -0.05) is 17.8 Å². The largest absolute Gasteiger partial charge is 0.464 e. The predicted molar refractivity (Wildman–Crippen MR) is 67.8 cm³/mol. The van der Waals surface area contributed by atoms with Crippen molar-refractivity contribution in [1.82, 2.24) is 10.3 Å². The topological polar surface area (TPSA) is 80.7 Å². The Morgan fingerprint density at radius 2 is 2.17 bits per heavy atom. The fourth-order valence-corrected chi connectivity index (χ4v) is 2.07. The van der Waals surface area contributed by atoms with Crippen LogP contribution in [0.3, 0.4) is 0 Å². The minimum absolute atomic E-state index is 0.103. The number of hydrogen-bond acceptors (Lipinski definition) is 6. The first kappa shape index (κ1) is 12.6. The number of esters is 1. The molecule has 0 aromatic carbocycles. The molecule has 2 rings (SSSR count). The number of amides is 1. The summed E-state index contributed by atoms with van der Waals surface area (Å²) in [6.45, 7) is 0.704. The smallest absolute Gasteiger partial charge is 0.356 e. The van der Waals surface area contributed by atoms with Crippen molar-refractivity contribution in [2.75, 3.05) is 19.4 Å². The summed E-state index contributed by atoms with van der Waals surface area (Å²) in [6, 6.07) is 4.60. The SMILES string of the molecule is COC(=O)c1cccc(C(=O)NC2=NCCS2)n1. The van der Waals surface area contributed by atoms with Gasteiger partial charge in [-0.15, -0.1) is 0 Å². The average molecular weight is 265 g/mol. The Bertz CT molecular complexity index is 516. The number of carbonyl (C=O) groups is 2. The molecule has 7 heteroatoms. The second kappa shape index (κ2) is 5.63. The van der Waals surface area contributed by atoms with Crippen LogP contribution in [-0.2, 0) is 4.74 Å². The van der Waals surface area contributed by atoms with Gasteiger partial charge in [0.1, 0.15) is 11.4 Å². The molecule has 1 amide bonds. The average Bonchev–Trinajstić information content (AvgIpc) is 2.90. The lowest BCUT2D eigenvalue weighted by Gasteiger charge is -2.04. The van der Waals surface area contributed by atoms with Gasteiger partial charge in [0.05, 0.1) is 13.7 Å². The number of aromatic nitrogens is 1. The molecule has 0 saturated carbocycles. The van der Waals surface area contributed by atoms with Crippen LogP contribution in [0.4, 0.5) is 0 Å². The van der Waals surface area contributed by atoms with E-state index in [0.717, 1.165) is 5.75 Å². The fraction of sp³-hybridized carbons (Fsp3) is 0.273. The highest BCUT2D eigenvalue weighted by Crippen LogP contribution is 2.10. The van der Waals surface area contributed by atoms with E-state index in [1.807, 2.05) is 0 Å². The van der Waals surface area contributed by atoms with Crippen molar-refractivity contribution in [3.8, 4) is 0 Å². The number of ether oxygens (including phenoxy) is 1. The van der Waals surface area contributed by atoms with Gasteiger partial charge in [-0.3, -0.25) is 15.1 Å².